The predicted octanol–water partition coefficient (Wildman–Crippen LogP) is 4.39. The number of carbonyl (C=O) groups is 1. The first kappa shape index (κ1) is 12.2. The van der Waals surface area contributed by atoms with E-state index in [0.29, 0.717) is 10.9 Å². The second-order valence-electron chi connectivity index (χ2n) is 4.10. The molecule has 94 valence electrons. The molecule has 3 aromatic rings. The third kappa shape index (κ3) is 1.91. The van der Waals surface area contributed by atoms with Crippen molar-refractivity contribution in [1.29, 1.82) is 0 Å². The lowest BCUT2D eigenvalue weighted by molar-refractivity contribution is 0.0699. The number of aromatic carboxylic acids is 1. The van der Waals surface area contributed by atoms with Gasteiger partial charge in [0.2, 0.25) is 0 Å². The number of hydrogen-bond donors (Lipinski definition) is 1. The first-order valence-electron chi connectivity index (χ1n) is 5.48. The number of halogens is 2. The molecular formula is C14H7Cl2NO2. The van der Waals surface area contributed by atoms with Gasteiger partial charge in [-0.25, -0.2) is 9.78 Å². The fourth-order valence-electron chi connectivity index (χ4n) is 2.07. The minimum absolute atomic E-state index is 0.0116. The van der Waals surface area contributed by atoms with Crippen molar-refractivity contribution in [3.05, 3.63) is 52.0 Å². The molecule has 5 heteroatoms. The second kappa shape index (κ2) is 4.37. The van der Waals surface area contributed by atoms with E-state index in [0.717, 1.165) is 10.9 Å². The van der Waals surface area contributed by atoms with Crippen molar-refractivity contribution in [2.24, 2.45) is 0 Å². The molecule has 0 aliphatic carbocycles. The van der Waals surface area contributed by atoms with Gasteiger partial charge in [0, 0.05) is 10.8 Å². The molecule has 3 nitrogen and oxygen atoms in total. The molecule has 1 aromatic heterocycles. The summed E-state index contributed by atoms with van der Waals surface area (Å²) in [4.78, 5) is 15.8. The highest BCUT2D eigenvalue weighted by Crippen LogP contribution is 2.33. The van der Waals surface area contributed by atoms with E-state index in [1.165, 1.54) is 0 Å². The van der Waals surface area contributed by atoms with Gasteiger partial charge in [-0.3, -0.25) is 0 Å². The molecule has 0 radical (unpaired) electrons. The number of fused-ring (bicyclic) bond motifs is 2. The van der Waals surface area contributed by atoms with Crippen molar-refractivity contribution in [2.75, 3.05) is 0 Å². The number of para-hydroxylation sites is 1. The molecule has 1 N–H and O–H groups in total. The van der Waals surface area contributed by atoms with E-state index in [1.54, 1.807) is 12.1 Å². The van der Waals surface area contributed by atoms with Gasteiger partial charge >= 0.3 is 5.97 Å². The molecular weight excluding hydrogens is 285 g/mol. The average Bonchev–Trinajstić information content (AvgIpc) is 2.37. The molecule has 0 spiro atoms. The Morgan fingerprint density at radius 2 is 1.84 bits per heavy atom. The lowest BCUT2D eigenvalue weighted by Crippen LogP contribution is -2.00. The maximum absolute atomic E-state index is 11.4. The largest absolute Gasteiger partial charge is 0.478 e. The Kier molecular flexibility index (Phi) is 2.81. The van der Waals surface area contributed by atoms with Crippen LogP contribution in [0, 0.1) is 0 Å². The van der Waals surface area contributed by atoms with Crippen molar-refractivity contribution in [3.8, 4) is 0 Å². The van der Waals surface area contributed by atoms with E-state index in [2.05, 4.69) is 4.98 Å². The van der Waals surface area contributed by atoms with Gasteiger partial charge in [-0.1, -0.05) is 41.4 Å². The molecule has 0 aliphatic rings. The van der Waals surface area contributed by atoms with Gasteiger partial charge in [-0.05, 0) is 18.2 Å². The Labute approximate surface area is 118 Å². The summed E-state index contributed by atoms with van der Waals surface area (Å²) in [6, 6.07) is 10.8. The van der Waals surface area contributed by atoms with Crippen LogP contribution in [0.1, 0.15) is 10.4 Å². The topological polar surface area (TPSA) is 50.2 Å². The monoisotopic (exact) mass is 291 g/mol. The smallest absolute Gasteiger partial charge is 0.337 e. The van der Waals surface area contributed by atoms with Crippen LogP contribution in [0.5, 0.6) is 0 Å². The maximum Gasteiger partial charge on any atom is 0.337 e. The fourth-order valence-corrected chi connectivity index (χ4v) is 2.51. The first-order valence-corrected chi connectivity index (χ1v) is 6.24. The van der Waals surface area contributed by atoms with E-state index in [1.807, 2.05) is 24.3 Å². The zero-order chi connectivity index (χ0) is 13.6. The number of benzene rings is 2. The molecule has 0 amide bonds. The summed E-state index contributed by atoms with van der Waals surface area (Å²) in [7, 11) is 0. The van der Waals surface area contributed by atoms with Gasteiger partial charge in [0.1, 0.15) is 0 Å². The minimum Gasteiger partial charge on any atom is -0.478 e. The Morgan fingerprint density at radius 1 is 1.11 bits per heavy atom. The molecule has 0 saturated heterocycles. The van der Waals surface area contributed by atoms with Crippen LogP contribution in [0.3, 0.4) is 0 Å². The molecule has 0 aliphatic heterocycles. The van der Waals surface area contributed by atoms with Crippen LogP contribution >= 0.6 is 23.2 Å². The molecule has 0 fully saturated rings. The first-order chi connectivity index (χ1) is 9.08. The van der Waals surface area contributed by atoms with Crippen LogP contribution in [0.2, 0.25) is 10.0 Å². The predicted molar refractivity (Wildman–Crippen MR) is 76.2 cm³/mol. The van der Waals surface area contributed by atoms with Gasteiger partial charge in [0.05, 0.1) is 26.6 Å². The molecule has 1 heterocycles. The van der Waals surface area contributed by atoms with Crippen molar-refractivity contribution in [2.45, 2.75) is 0 Å². The van der Waals surface area contributed by atoms with Gasteiger partial charge in [-0.2, -0.15) is 0 Å². The van der Waals surface area contributed by atoms with Crippen molar-refractivity contribution in [1.82, 2.24) is 4.98 Å². The highest BCUT2D eigenvalue weighted by atomic mass is 35.5. The second-order valence-corrected chi connectivity index (χ2v) is 4.89. The summed E-state index contributed by atoms with van der Waals surface area (Å²) in [5.41, 5.74) is 1.29. The summed E-state index contributed by atoms with van der Waals surface area (Å²) < 4.78 is 0. The number of rotatable bonds is 1. The van der Waals surface area contributed by atoms with Crippen LogP contribution in [-0.4, -0.2) is 16.1 Å². The third-order valence-electron chi connectivity index (χ3n) is 2.93. The normalized spacial score (nSPS) is 11.1. The van der Waals surface area contributed by atoms with Gasteiger partial charge < -0.3 is 5.11 Å². The van der Waals surface area contributed by atoms with Crippen molar-refractivity contribution in [3.63, 3.8) is 0 Å². The van der Waals surface area contributed by atoms with Gasteiger partial charge in [0.15, 0.2) is 0 Å². The lowest BCUT2D eigenvalue weighted by atomic mass is 10.1. The highest BCUT2D eigenvalue weighted by molar-refractivity contribution is 6.45. The van der Waals surface area contributed by atoms with E-state index in [9.17, 15) is 9.90 Å². The zero-order valence-electron chi connectivity index (χ0n) is 9.52. The Morgan fingerprint density at radius 3 is 2.58 bits per heavy atom. The Bertz CT molecular complexity index is 830. The quantitative estimate of drug-likeness (QED) is 0.676. The third-order valence-corrected chi connectivity index (χ3v) is 3.72. The van der Waals surface area contributed by atoms with Gasteiger partial charge in [0.25, 0.3) is 0 Å². The lowest BCUT2D eigenvalue weighted by Gasteiger charge is -2.08. The van der Waals surface area contributed by atoms with E-state index >= 15 is 0 Å². The zero-order valence-corrected chi connectivity index (χ0v) is 11.0. The molecule has 0 bridgehead atoms. The average molecular weight is 292 g/mol. The van der Waals surface area contributed by atoms with E-state index < -0.39 is 5.97 Å². The van der Waals surface area contributed by atoms with Crippen LogP contribution in [0.4, 0.5) is 0 Å². The van der Waals surface area contributed by atoms with E-state index in [4.69, 9.17) is 23.2 Å². The highest BCUT2D eigenvalue weighted by Gasteiger charge is 2.18. The van der Waals surface area contributed by atoms with Crippen molar-refractivity contribution >= 4 is 51.0 Å². The molecule has 2 aromatic carbocycles. The molecule has 3 rings (SSSR count). The standard InChI is InChI=1S/C14H7Cl2NO2/c15-9-6-11-8(12(13(9)16)14(18)19)5-7-3-1-2-4-10(7)17-11/h1-6H,(H,18,19). The summed E-state index contributed by atoms with van der Waals surface area (Å²) in [5.74, 6) is -1.12. The maximum atomic E-state index is 11.4. The van der Waals surface area contributed by atoms with Crippen molar-refractivity contribution < 1.29 is 9.90 Å². The number of pyridine rings is 1. The number of carboxylic acid groups (broad SMARTS) is 1. The summed E-state index contributed by atoms with van der Waals surface area (Å²) in [6.07, 6.45) is 0. The molecule has 0 unspecified atom stereocenters. The minimum atomic E-state index is -1.12. The van der Waals surface area contributed by atoms with E-state index in [-0.39, 0.29) is 15.6 Å². The number of carboxylic acids is 1. The van der Waals surface area contributed by atoms with Crippen LogP contribution in [0.15, 0.2) is 36.4 Å². The van der Waals surface area contributed by atoms with Crippen LogP contribution in [0.25, 0.3) is 21.8 Å². The molecule has 0 atom stereocenters. The SMILES string of the molecule is O=C(O)c1c(Cl)c(Cl)cc2nc3ccccc3cc12. The fraction of sp³-hybridized carbons (Fsp3) is 0. The number of nitrogens with zero attached hydrogens (tertiary/aromatic N) is 1. The number of aromatic nitrogens is 1. The van der Waals surface area contributed by atoms with Gasteiger partial charge in [-0.15, -0.1) is 0 Å². The Hall–Kier alpha value is -1.84. The summed E-state index contributed by atoms with van der Waals surface area (Å²) in [6.45, 7) is 0. The summed E-state index contributed by atoms with van der Waals surface area (Å²) in [5, 5.41) is 10.9. The van der Waals surface area contributed by atoms with Crippen LogP contribution < -0.4 is 0 Å². The molecule has 19 heavy (non-hydrogen) atoms. The number of hydrogen-bond acceptors (Lipinski definition) is 2. The summed E-state index contributed by atoms with van der Waals surface area (Å²) >= 11 is 11.9. The molecule has 0 saturated carbocycles. The Balaban J connectivity index is 2.53. The van der Waals surface area contributed by atoms with Crippen LogP contribution in [-0.2, 0) is 0 Å².